The Bertz CT molecular complexity index is 605. The molecule has 0 aliphatic heterocycles. The number of hydrogen-bond acceptors (Lipinski definition) is 4. The maximum Gasteiger partial charge on any atom is 0.193 e. The summed E-state index contributed by atoms with van der Waals surface area (Å²) < 4.78 is 7.82. The number of fused-ring (bicyclic) bond motifs is 1. The van der Waals surface area contributed by atoms with E-state index in [1.54, 1.807) is 11.3 Å². The minimum absolute atomic E-state index is 0.283. The molecule has 0 aliphatic rings. The summed E-state index contributed by atoms with van der Waals surface area (Å²) >= 11 is 1.64. The average Bonchev–Trinajstić information content (AvgIpc) is 3.12. The summed E-state index contributed by atoms with van der Waals surface area (Å²) in [5.41, 5.74) is 0.980. The third-order valence-electron chi connectivity index (χ3n) is 3.73. The number of thiazole rings is 1. The van der Waals surface area contributed by atoms with E-state index in [0.29, 0.717) is 12.5 Å². The van der Waals surface area contributed by atoms with E-state index in [9.17, 15) is 0 Å². The van der Waals surface area contributed by atoms with Gasteiger partial charge >= 0.3 is 0 Å². The minimum Gasteiger partial charge on any atom is -0.378 e. The largest absolute Gasteiger partial charge is 0.378 e. The zero-order valence-corrected chi connectivity index (χ0v) is 15.9. The first-order valence-corrected chi connectivity index (χ1v) is 9.56. The van der Waals surface area contributed by atoms with E-state index in [2.05, 4.69) is 41.4 Å². The van der Waals surface area contributed by atoms with Crippen molar-refractivity contribution in [1.29, 1.82) is 0 Å². The van der Waals surface area contributed by atoms with E-state index in [1.165, 1.54) is 0 Å². The number of aliphatic imine (C=N–C) groups is 1. The third-order valence-corrected chi connectivity index (χ3v) is 4.50. The molecule has 0 radical (unpaired) electrons. The molecular weight excluding hydrogens is 322 g/mol. The van der Waals surface area contributed by atoms with E-state index in [0.717, 1.165) is 42.7 Å². The van der Waals surface area contributed by atoms with Gasteiger partial charge in [-0.25, -0.2) is 9.98 Å². The number of hydrogen-bond donors (Lipinski definition) is 2. The second-order valence-corrected chi connectivity index (χ2v) is 6.85. The number of rotatable bonds is 9. The highest BCUT2D eigenvalue weighted by Crippen LogP contribution is 2.12. The van der Waals surface area contributed by atoms with Gasteiger partial charge in [0.2, 0.25) is 0 Å². The van der Waals surface area contributed by atoms with Crippen LogP contribution in [0, 0.1) is 5.92 Å². The Hall–Kier alpha value is -1.60. The standard InChI is InChI=1S/C17H29N5OS/c1-5-18-16(19-8-7-15(13(3)4)23-6-2)20-11-14-12-22-9-10-24-17(22)21-14/h9-10,12-13,15H,5-8,11H2,1-4H3,(H2,18,19,20). The van der Waals surface area contributed by atoms with Crippen molar-refractivity contribution >= 4 is 22.3 Å². The Morgan fingerprint density at radius 1 is 1.38 bits per heavy atom. The maximum atomic E-state index is 5.79. The van der Waals surface area contributed by atoms with Crippen LogP contribution in [0.4, 0.5) is 0 Å². The SMILES string of the molecule is CCNC(=NCc1cn2ccsc2n1)NCCC(OCC)C(C)C. The predicted octanol–water partition coefficient (Wildman–Crippen LogP) is 2.90. The molecule has 0 spiro atoms. The van der Waals surface area contributed by atoms with Gasteiger partial charge in [0, 0.05) is 37.5 Å². The van der Waals surface area contributed by atoms with Crippen molar-refractivity contribution < 1.29 is 4.74 Å². The van der Waals surface area contributed by atoms with Crippen molar-refractivity contribution in [3.8, 4) is 0 Å². The summed E-state index contributed by atoms with van der Waals surface area (Å²) in [6, 6.07) is 0. The van der Waals surface area contributed by atoms with E-state index in [-0.39, 0.29) is 6.10 Å². The molecule has 0 saturated heterocycles. The molecular formula is C17H29N5OS. The molecule has 0 aromatic carbocycles. The predicted molar refractivity (Wildman–Crippen MR) is 101 cm³/mol. The molecule has 134 valence electrons. The molecule has 0 fully saturated rings. The first-order chi connectivity index (χ1) is 11.6. The van der Waals surface area contributed by atoms with Gasteiger partial charge in [-0.1, -0.05) is 13.8 Å². The van der Waals surface area contributed by atoms with Crippen LogP contribution in [0.5, 0.6) is 0 Å². The van der Waals surface area contributed by atoms with Crippen molar-refractivity contribution in [3.05, 3.63) is 23.5 Å². The number of guanidine groups is 1. The van der Waals surface area contributed by atoms with E-state index < -0.39 is 0 Å². The van der Waals surface area contributed by atoms with Gasteiger partial charge in [0.05, 0.1) is 18.3 Å². The number of nitrogens with one attached hydrogen (secondary N) is 2. The van der Waals surface area contributed by atoms with Crippen LogP contribution >= 0.6 is 11.3 Å². The summed E-state index contributed by atoms with van der Waals surface area (Å²) in [5.74, 6) is 1.35. The molecule has 7 heteroatoms. The summed E-state index contributed by atoms with van der Waals surface area (Å²) in [6.07, 6.45) is 5.30. The average molecular weight is 352 g/mol. The second-order valence-electron chi connectivity index (χ2n) is 5.97. The fourth-order valence-corrected chi connectivity index (χ4v) is 3.23. The molecule has 0 bridgehead atoms. The highest BCUT2D eigenvalue weighted by Gasteiger charge is 2.13. The maximum absolute atomic E-state index is 5.79. The molecule has 0 aliphatic carbocycles. The number of imidazole rings is 1. The third kappa shape index (κ3) is 5.49. The lowest BCUT2D eigenvalue weighted by atomic mass is 10.0. The van der Waals surface area contributed by atoms with Gasteiger partial charge in [-0.15, -0.1) is 11.3 Å². The molecule has 0 amide bonds. The summed E-state index contributed by atoms with van der Waals surface area (Å²) in [4.78, 5) is 10.2. The fourth-order valence-electron chi connectivity index (χ4n) is 2.51. The molecule has 24 heavy (non-hydrogen) atoms. The van der Waals surface area contributed by atoms with E-state index in [4.69, 9.17) is 4.74 Å². The van der Waals surface area contributed by atoms with Gasteiger partial charge in [0.1, 0.15) is 0 Å². The highest BCUT2D eigenvalue weighted by molar-refractivity contribution is 7.15. The van der Waals surface area contributed by atoms with Crippen LogP contribution in [0.1, 0.15) is 39.8 Å². The Kier molecular flexibility index (Phi) is 7.52. The quantitative estimate of drug-likeness (QED) is 0.539. The molecule has 1 unspecified atom stereocenters. The van der Waals surface area contributed by atoms with Crippen molar-refractivity contribution in [2.75, 3.05) is 19.7 Å². The van der Waals surface area contributed by atoms with Crippen LogP contribution in [-0.2, 0) is 11.3 Å². The van der Waals surface area contributed by atoms with Gasteiger partial charge in [-0.05, 0) is 26.2 Å². The monoisotopic (exact) mass is 351 g/mol. The van der Waals surface area contributed by atoms with Crippen LogP contribution in [0.25, 0.3) is 4.96 Å². The van der Waals surface area contributed by atoms with Crippen LogP contribution < -0.4 is 10.6 Å². The van der Waals surface area contributed by atoms with Crippen LogP contribution in [0.15, 0.2) is 22.8 Å². The van der Waals surface area contributed by atoms with Crippen molar-refractivity contribution in [1.82, 2.24) is 20.0 Å². The van der Waals surface area contributed by atoms with Crippen molar-refractivity contribution in [3.63, 3.8) is 0 Å². The molecule has 2 aromatic heterocycles. The summed E-state index contributed by atoms with van der Waals surface area (Å²) in [6.45, 7) is 11.5. The molecule has 1 atom stereocenters. The normalized spacial score (nSPS) is 13.6. The zero-order chi connectivity index (χ0) is 17.4. The molecule has 0 saturated carbocycles. The topological polar surface area (TPSA) is 63.0 Å². The number of ether oxygens (including phenoxy) is 1. The van der Waals surface area contributed by atoms with Crippen LogP contribution in [0.2, 0.25) is 0 Å². The highest BCUT2D eigenvalue weighted by atomic mass is 32.1. The Balaban J connectivity index is 1.86. The first kappa shape index (κ1) is 18.7. The van der Waals surface area contributed by atoms with Crippen LogP contribution in [0.3, 0.4) is 0 Å². The molecule has 2 rings (SSSR count). The molecule has 2 N–H and O–H groups in total. The lowest BCUT2D eigenvalue weighted by Gasteiger charge is -2.21. The van der Waals surface area contributed by atoms with Gasteiger partial charge in [-0.2, -0.15) is 0 Å². The number of nitrogens with zero attached hydrogens (tertiary/aromatic N) is 3. The Morgan fingerprint density at radius 2 is 2.21 bits per heavy atom. The first-order valence-electron chi connectivity index (χ1n) is 8.68. The molecule has 6 nitrogen and oxygen atoms in total. The summed E-state index contributed by atoms with van der Waals surface area (Å²) in [5, 5.41) is 8.70. The molecule has 2 heterocycles. The van der Waals surface area contributed by atoms with Gasteiger partial charge in [-0.3, -0.25) is 4.40 Å². The van der Waals surface area contributed by atoms with Crippen molar-refractivity contribution in [2.45, 2.75) is 46.8 Å². The smallest absolute Gasteiger partial charge is 0.193 e. The minimum atomic E-state index is 0.283. The van der Waals surface area contributed by atoms with Crippen LogP contribution in [-0.4, -0.2) is 41.1 Å². The van der Waals surface area contributed by atoms with E-state index in [1.807, 2.05) is 29.1 Å². The zero-order valence-electron chi connectivity index (χ0n) is 15.1. The van der Waals surface area contributed by atoms with Gasteiger partial charge < -0.3 is 15.4 Å². The lowest BCUT2D eigenvalue weighted by Crippen LogP contribution is -2.39. The van der Waals surface area contributed by atoms with Gasteiger partial charge in [0.25, 0.3) is 0 Å². The molecule has 2 aromatic rings. The van der Waals surface area contributed by atoms with E-state index >= 15 is 0 Å². The van der Waals surface area contributed by atoms with Crippen molar-refractivity contribution in [2.24, 2.45) is 10.9 Å². The fraction of sp³-hybridized carbons (Fsp3) is 0.647. The number of aromatic nitrogens is 2. The lowest BCUT2D eigenvalue weighted by molar-refractivity contribution is 0.0258. The Morgan fingerprint density at radius 3 is 2.88 bits per heavy atom. The Labute approximate surface area is 148 Å². The van der Waals surface area contributed by atoms with Gasteiger partial charge in [0.15, 0.2) is 10.9 Å². The summed E-state index contributed by atoms with van der Waals surface area (Å²) in [7, 11) is 0. The second kappa shape index (κ2) is 9.64.